The molecule has 5 heteroatoms. The van der Waals surface area contributed by atoms with Crippen LogP contribution in [0, 0.1) is 6.92 Å². The summed E-state index contributed by atoms with van der Waals surface area (Å²) in [5.41, 5.74) is 0.551. The summed E-state index contributed by atoms with van der Waals surface area (Å²) in [4.78, 5) is -0.0278. The third-order valence-electron chi connectivity index (χ3n) is 1.37. The summed E-state index contributed by atoms with van der Waals surface area (Å²) in [6.45, 7) is 1.63. The van der Waals surface area contributed by atoms with E-state index in [4.69, 9.17) is 4.55 Å². The molecule has 0 unspecified atom stereocenters. The van der Waals surface area contributed by atoms with Crippen molar-refractivity contribution in [2.24, 2.45) is 0 Å². The SMILES string of the molecule is Cc1ccccc1S(=O)(=O)O.[Cd]. The van der Waals surface area contributed by atoms with Crippen LogP contribution < -0.4 is 0 Å². The van der Waals surface area contributed by atoms with Gasteiger partial charge in [0.1, 0.15) is 0 Å². The smallest absolute Gasteiger partial charge is 0.282 e. The Morgan fingerprint density at radius 3 is 2.08 bits per heavy atom. The van der Waals surface area contributed by atoms with Crippen LogP contribution in [0.5, 0.6) is 0 Å². The van der Waals surface area contributed by atoms with Gasteiger partial charge in [-0.2, -0.15) is 8.42 Å². The van der Waals surface area contributed by atoms with Crippen molar-refractivity contribution in [3.63, 3.8) is 0 Å². The molecule has 0 aliphatic carbocycles. The molecule has 1 N–H and O–H groups in total. The summed E-state index contributed by atoms with van der Waals surface area (Å²) in [5, 5.41) is 0. The molecule has 0 aliphatic rings. The summed E-state index contributed by atoms with van der Waals surface area (Å²) in [6, 6.07) is 6.27. The fourth-order valence-electron chi connectivity index (χ4n) is 0.846. The van der Waals surface area contributed by atoms with Crippen molar-refractivity contribution >= 4 is 10.1 Å². The molecule has 12 heavy (non-hydrogen) atoms. The van der Waals surface area contributed by atoms with Crippen molar-refractivity contribution in [2.45, 2.75) is 11.8 Å². The second-order valence-electron chi connectivity index (χ2n) is 2.24. The van der Waals surface area contributed by atoms with Gasteiger partial charge in [-0.05, 0) is 18.6 Å². The maximum Gasteiger partial charge on any atom is 0.294 e. The van der Waals surface area contributed by atoms with E-state index < -0.39 is 10.1 Å². The first-order valence-corrected chi connectivity index (χ1v) is 4.49. The molecule has 0 radical (unpaired) electrons. The zero-order valence-corrected chi connectivity index (χ0v) is 11.5. The average molecular weight is 285 g/mol. The van der Waals surface area contributed by atoms with Gasteiger partial charge in [0.15, 0.2) is 0 Å². The third kappa shape index (κ3) is 2.83. The van der Waals surface area contributed by atoms with Gasteiger partial charge in [0.05, 0.1) is 4.90 Å². The van der Waals surface area contributed by atoms with Gasteiger partial charge in [-0.25, -0.2) is 0 Å². The molecule has 3 nitrogen and oxygen atoms in total. The average Bonchev–Trinajstić information content (AvgIpc) is 1.86. The van der Waals surface area contributed by atoms with Gasteiger partial charge in [0.25, 0.3) is 10.1 Å². The van der Waals surface area contributed by atoms with E-state index in [1.54, 1.807) is 25.1 Å². The van der Waals surface area contributed by atoms with Gasteiger partial charge in [-0.15, -0.1) is 0 Å². The van der Waals surface area contributed by atoms with Crippen molar-refractivity contribution < 1.29 is 40.3 Å². The number of aryl methyl sites for hydroxylation is 1. The largest absolute Gasteiger partial charge is 0.294 e. The molecule has 0 aromatic heterocycles. The van der Waals surface area contributed by atoms with E-state index >= 15 is 0 Å². The van der Waals surface area contributed by atoms with Gasteiger partial charge in [0, 0.05) is 27.3 Å². The Bertz CT molecular complexity index is 359. The Kier molecular flexibility index (Phi) is 4.35. The monoisotopic (exact) mass is 286 g/mol. The van der Waals surface area contributed by atoms with Gasteiger partial charge in [-0.1, -0.05) is 18.2 Å². The Hall–Kier alpha value is 0.0521. The van der Waals surface area contributed by atoms with Gasteiger partial charge in [0.2, 0.25) is 0 Å². The zero-order valence-electron chi connectivity index (χ0n) is 6.69. The van der Waals surface area contributed by atoms with Gasteiger partial charge >= 0.3 is 0 Å². The molecule has 0 amide bonds. The fourth-order valence-corrected chi connectivity index (χ4v) is 1.57. The normalized spacial score (nSPS) is 10.5. The van der Waals surface area contributed by atoms with Crippen LogP contribution in [0.2, 0.25) is 0 Å². The first-order chi connectivity index (χ1) is 5.02. The standard InChI is InChI=1S/C7H8O3S.Cd/c1-6-4-2-3-5-7(6)11(8,9)10;/h2-5H,1H3,(H,8,9,10);. The molecule has 0 atom stereocenters. The van der Waals surface area contributed by atoms with E-state index in [0.717, 1.165) is 0 Å². The summed E-state index contributed by atoms with van der Waals surface area (Å²) in [7, 11) is -4.03. The van der Waals surface area contributed by atoms with E-state index in [1.165, 1.54) is 6.07 Å². The molecular formula is C7H8CdO3S. The summed E-state index contributed by atoms with van der Waals surface area (Å²) in [5.74, 6) is 0. The van der Waals surface area contributed by atoms with Crippen molar-refractivity contribution in [2.75, 3.05) is 0 Å². The molecule has 0 bridgehead atoms. The molecular weight excluding hydrogens is 277 g/mol. The minimum atomic E-state index is -4.03. The molecule has 0 saturated heterocycles. The molecule has 62 valence electrons. The predicted molar refractivity (Wildman–Crippen MR) is 41.0 cm³/mol. The summed E-state index contributed by atoms with van der Waals surface area (Å²) < 4.78 is 29.9. The predicted octanol–water partition coefficient (Wildman–Crippen LogP) is 1.24. The Morgan fingerprint density at radius 1 is 1.25 bits per heavy atom. The summed E-state index contributed by atoms with van der Waals surface area (Å²) >= 11 is 0. The van der Waals surface area contributed by atoms with Crippen LogP contribution >= 0.6 is 0 Å². The summed E-state index contributed by atoms with van der Waals surface area (Å²) in [6.07, 6.45) is 0. The van der Waals surface area contributed by atoms with Crippen LogP contribution in [0.15, 0.2) is 29.2 Å². The molecule has 0 spiro atoms. The quantitative estimate of drug-likeness (QED) is 0.623. The first-order valence-electron chi connectivity index (χ1n) is 3.05. The molecule has 0 fully saturated rings. The van der Waals surface area contributed by atoms with Crippen LogP contribution in [-0.2, 0) is 37.4 Å². The number of benzene rings is 1. The van der Waals surface area contributed by atoms with Crippen LogP contribution in [0.1, 0.15) is 5.56 Å². The zero-order chi connectivity index (χ0) is 8.48. The minimum Gasteiger partial charge on any atom is -0.282 e. The topological polar surface area (TPSA) is 54.4 Å². The molecule has 0 aliphatic heterocycles. The third-order valence-corrected chi connectivity index (χ3v) is 2.39. The molecule has 0 heterocycles. The maximum absolute atomic E-state index is 10.6. The fraction of sp³-hybridized carbons (Fsp3) is 0.143. The number of rotatable bonds is 1. The van der Waals surface area contributed by atoms with E-state index in [1.807, 2.05) is 0 Å². The Morgan fingerprint density at radius 2 is 1.75 bits per heavy atom. The van der Waals surface area contributed by atoms with Gasteiger partial charge < -0.3 is 0 Å². The van der Waals surface area contributed by atoms with Crippen molar-refractivity contribution in [3.8, 4) is 0 Å². The van der Waals surface area contributed by atoms with Crippen molar-refractivity contribution in [3.05, 3.63) is 29.8 Å². The second kappa shape index (κ2) is 4.33. The van der Waals surface area contributed by atoms with Crippen LogP contribution in [-0.4, -0.2) is 13.0 Å². The van der Waals surface area contributed by atoms with Gasteiger partial charge in [-0.3, -0.25) is 4.55 Å². The van der Waals surface area contributed by atoms with E-state index in [-0.39, 0.29) is 32.2 Å². The first kappa shape index (κ1) is 12.1. The van der Waals surface area contributed by atoms with Crippen molar-refractivity contribution in [1.82, 2.24) is 0 Å². The Balaban J connectivity index is 0.00000121. The van der Waals surface area contributed by atoms with E-state index in [2.05, 4.69) is 0 Å². The Labute approximate surface area is 91.7 Å². The number of hydrogen-bond donors (Lipinski definition) is 1. The van der Waals surface area contributed by atoms with Crippen LogP contribution in [0.4, 0.5) is 0 Å². The number of hydrogen-bond acceptors (Lipinski definition) is 2. The van der Waals surface area contributed by atoms with Crippen LogP contribution in [0.25, 0.3) is 0 Å². The minimum absolute atomic E-state index is 0. The van der Waals surface area contributed by atoms with Crippen molar-refractivity contribution in [1.29, 1.82) is 0 Å². The second-order valence-corrected chi connectivity index (χ2v) is 3.63. The van der Waals surface area contributed by atoms with Crippen LogP contribution in [0.3, 0.4) is 0 Å². The molecule has 1 rings (SSSR count). The molecule has 1 aromatic carbocycles. The van der Waals surface area contributed by atoms with E-state index in [0.29, 0.717) is 5.56 Å². The molecule has 1 aromatic rings. The van der Waals surface area contributed by atoms with E-state index in [9.17, 15) is 8.42 Å². The maximum atomic E-state index is 10.6. The molecule has 0 saturated carbocycles.